The summed E-state index contributed by atoms with van der Waals surface area (Å²) in [5.74, 6) is -2.56. The molecular weight excluding hydrogens is 400 g/mol. The van der Waals surface area contributed by atoms with Gasteiger partial charge in [-0.05, 0) is 39.0 Å². The van der Waals surface area contributed by atoms with E-state index in [2.05, 4.69) is 12.2 Å². The Morgan fingerprint density at radius 1 is 1.32 bits per heavy atom. The Labute approximate surface area is 185 Å². The molecule has 176 valence electrons. The normalized spacial score (nSPS) is 37.1. The maximum Gasteiger partial charge on any atom is 0.312 e. The molecular formula is C23H38N2O6. The van der Waals surface area contributed by atoms with Crippen LogP contribution < -0.4 is 5.32 Å². The quantitative estimate of drug-likeness (QED) is 0.397. The van der Waals surface area contributed by atoms with E-state index in [1.54, 1.807) is 6.92 Å². The molecule has 3 aliphatic rings. The van der Waals surface area contributed by atoms with Crippen LogP contribution in [-0.4, -0.2) is 70.8 Å². The molecule has 3 saturated heterocycles. The Morgan fingerprint density at radius 2 is 2.03 bits per heavy atom. The van der Waals surface area contributed by atoms with Crippen molar-refractivity contribution in [1.82, 2.24) is 10.2 Å². The maximum absolute atomic E-state index is 13.7. The molecule has 8 nitrogen and oxygen atoms in total. The van der Waals surface area contributed by atoms with Crippen LogP contribution in [0.3, 0.4) is 0 Å². The first-order chi connectivity index (χ1) is 14.7. The maximum atomic E-state index is 13.7. The Kier molecular flexibility index (Phi) is 7.01. The third kappa shape index (κ3) is 3.55. The number of nitrogens with one attached hydrogen (secondary N) is 1. The van der Waals surface area contributed by atoms with E-state index in [0.717, 1.165) is 19.3 Å². The highest BCUT2D eigenvalue weighted by atomic mass is 16.6. The molecule has 1 spiro atoms. The Balaban J connectivity index is 2.02. The van der Waals surface area contributed by atoms with Crippen molar-refractivity contribution in [3.05, 3.63) is 0 Å². The van der Waals surface area contributed by atoms with Gasteiger partial charge in [0.05, 0.1) is 30.8 Å². The average molecular weight is 439 g/mol. The van der Waals surface area contributed by atoms with Gasteiger partial charge in [-0.25, -0.2) is 0 Å². The van der Waals surface area contributed by atoms with E-state index >= 15 is 0 Å². The Hall–Kier alpha value is -1.67. The molecule has 0 aliphatic carbocycles. The first-order valence-electron chi connectivity index (χ1n) is 11.8. The fraction of sp³-hybridized carbons (Fsp3) is 0.870. The molecule has 2 amide bonds. The van der Waals surface area contributed by atoms with Gasteiger partial charge in [-0.15, -0.1) is 0 Å². The number of aliphatic hydroxyl groups excluding tert-OH is 1. The summed E-state index contributed by atoms with van der Waals surface area (Å²) < 4.78 is 11.9. The zero-order valence-corrected chi connectivity index (χ0v) is 19.5. The summed E-state index contributed by atoms with van der Waals surface area (Å²) in [4.78, 5) is 41.7. The number of hydrogen-bond acceptors (Lipinski definition) is 6. The summed E-state index contributed by atoms with van der Waals surface area (Å²) in [5, 5.41) is 13.0. The van der Waals surface area contributed by atoms with Crippen LogP contribution in [0.25, 0.3) is 0 Å². The van der Waals surface area contributed by atoms with Crippen LogP contribution in [0.1, 0.15) is 66.7 Å². The molecule has 0 aromatic carbocycles. The van der Waals surface area contributed by atoms with Crippen molar-refractivity contribution in [2.24, 2.45) is 17.8 Å². The lowest BCUT2D eigenvalue weighted by Gasteiger charge is -2.36. The number of rotatable bonds is 10. The minimum Gasteiger partial charge on any atom is -0.466 e. The first-order valence-corrected chi connectivity index (χ1v) is 11.8. The van der Waals surface area contributed by atoms with Crippen molar-refractivity contribution in [3.8, 4) is 0 Å². The van der Waals surface area contributed by atoms with E-state index in [0.29, 0.717) is 19.4 Å². The lowest BCUT2D eigenvalue weighted by Crippen LogP contribution is -2.58. The molecule has 0 saturated carbocycles. The van der Waals surface area contributed by atoms with Gasteiger partial charge in [-0.2, -0.15) is 0 Å². The van der Waals surface area contributed by atoms with Crippen LogP contribution in [0.4, 0.5) is 0 Å². The third-order valence-corrected chi connectivity index (χ3v) is 7.70. The van der Waals surface area contributed by atoms with Crippen molar-refractivity contribution >= 4 is 17.8 Å². The van der Waals surface area contributed by atoms with Gasteiger partial charge in [0.1, 0.15) is 17.6 Å². The highest BCUT2D eigenvalue weighted by molar-refractivity contribution is 5.98. The summed E-state index contributed by atoms with van der Waals surface area (Å²) in [6.45, 7) is 10.1. The van der Waals surface area contributed by atoms with Crippen LogP contribution in [0, 0.1) is 17.8 Å². The molecule has 3 heterocycles. The zero-order chi connectivity index (χ0) is 23.0. The molecule has 3 aliphatic heterocycles. The van der Waals surface area contributed by atoms with Crippen LogP contribution >= 0.6 is 0 Å². The molecule has 31 heavy (non-hydrogen) atoms. The monoisotopic (exact) mass is 438 g/mol. The van der Waals surface area contributed by atoms with E-state index in [1.807, 2.05) is 20.8 Å². The minimum atomic E-state index is -1.08. The number of nitrogens with zero attached hydrogens (tertiary/aromatic N) is 1. The predicted molar refractivity (Wildman–Crippen MR) is 114 cm³/mol. The van der Waals surface area contributed by atoms with Gasteiger partial charge in [0.25, 0.3) is 0 Å². The largest absolute Gasteiger partial charge is 0.466 e. The van der Waals surface area contributed by atoms with E-state index in [1.165, 1.54) is 4.90 Å². The minimum absolute atomic E-state index is 0.0181. The molecule has 2 bridgehead atoms. The van der Waals surface area contributed by atoms with Gasteiger partial charge in [-0.3, -0.25) is 14.4 Å². The number of esters is 1. The Morgan fingerprint density at radius 3 is 2.61 bits per heavy atom. The van der Waals surface area contributed by atoms with Gasteiger partial charge in [0.2, 0.25) is 11.8 Å². The SMILES string of the molecule is CCCCCNC(=O)C1N([C@@H](CC)CO)C(=O)[C@@H]2[C@H](C(=O)OCC)[C@@]3(C)OC12CC3C. The number of ether oxygens (including phenoxy) is 2. The van der Waals surface area contributed by atoms with Crippen molar-refractivity contribution in [3.63, 3.8) is 0 Å². The number of likely N-dealkylation sites (tertiary alicyclic amines) is 1. The van der Waals surface area contributed by atoms with Crippen molar-refractivity contribution in [2.75, 3.05) is 19.8 Å². The van der Waals surface area contributed by atoms with Crippen molar-refractivity contribution in [2.45, 2.75) is 90.0 Å². The van der Waals surface area contributed by atoms with Gasteiger partial charge < -0.3 is 24.8 Å². The number of unbranched alkanes of at least 4 members (excludes halogenated alkanes) is 2. The molecule has 3 fully saturated rings. The van der Waals surface area contributed by atoms with Crippen molar-refractivity contribution < 1.29 is 29.0 Å². The number of aliphatic hydroxyl groups is 1. The Bertz CT molecular complexity index is 710. The molecule has 0 aromatic heterocycles. The van der Waals surface area contributed by atoms with Crippen LogP contribution in [0.5, 0.6) is 0 Å². The fourth-order valence-corrected chi connectivity index (χ4v) is 6.06. The molecule has 3 rings (SSSR count). The molecule has 0 radical (unpaired) electrons. The smallest absolute Gasteiger partial charge is 0.312 e. The number of hydrogen-bond donors (Lipinski definition) is 2. The summed E-state index contributed by atoms with van der Waals surface area (Å²) in [5.41, 5.74) is -1.94. The van der Waals surface area contributed by atoms with Crippen LogP contribution in [0.2, 0.25) is 0 Å². The molecule has 8 heteroatoms. The summed E-state index contributed by atoms with van der Waals surface area (Å²) in [6, 6.07) is -1.38. The van der Waals surface area contributed by atoms with Crippen LogP contribution in [0.15, 0.2) is 0 Å². The molecule has 2 N–H and O–H groups in total. The topological polar surface area (TPSA) is 105 Å². The second-order valence-corrected chi connectivity index (χ2v) is 9.44. The summed E-state index contributed by atoms with van der Waals surface area (Å²) in [7, 11) is 0. The van der Waals surface area contributed by atoms with E-state index in [9.17, 15) is 19.5 Å². The second kappa shape index (κ2) is 9.06. The molecule has 3 unspecified atom stereocenters. The lowest BCUT2D eigenvalue weighted by molar-refractivity contribution is -0.162. The number of fused-ring (bicyclic) bond motifs is 1. The first kappa shape index (κ1) is 24.0. The summed E-state index contributed by atoms with van der Waals surface area (Å²) >= 11 is 0. The highest BCUT2D eigenvalue weighted by Gasteiger charge is 2.80. The second-order valence-electron chi connectivity index (χ2n) is 9.44. The standard InChI is InChI=1S/C23H38N2O6/c1-6-9-10-11-24-19(27)18-23-12-14(4)22(5,31-23)17(21(29)30-8-3)16(23)20(28)25(18)15(7-2)13-26/h14-18,26H,6-13H2,1-5H3,(H,24,27)/t14?,15-,16-,17+,18?,22-,23?/m0/s1. The highest BCUT2D eigenvalue weighted by Crippen LogP contribution is 2.65. The number of carbonyl (C=O) groups excluding carboxylic acids is 3. The molecule has 7 atom stereocenters. The van der Waals surface area contributed by atoms with Crippen molar-refractivity contribution in [1.29, 1.82) is 0 Å². The van der Waals surface area contributed by atoms with Gasteiger partial charge in [0.15, 0.2) is 0 Å². The fourth-order valence-electron chi connectivity index (χ4n) is 6.06. The van der Waals surface area contributed by atoms with E-state index < -0.39 is 41.1 Å². The van der Waals surface area contributed by atoms with Gasteiger partial charge in [-0.1, -0.05) is 33.6 Å². The average Bonchev–Trinajstić information content (AvgIpc) is 3.24. The molecule has 0 aromatic rings. The zero-order valence-electron chi connectivity index (χ0n) is 19.5. The number of carbonyl (C=O) groups is 3. The van der Waals surface area contributed by atoms with Crippen LogP contribution in [-0.2, 0) is 23.9 Å². The third-order valence-electron chi connectivity index (χ3n) is 7.70. The lowest BCUT2D eigenvalue weighted by atomic mass is 9.62. The van der Waals surface area contributed by atoms with Gasteiger partial charge in [0, 0.05) is 6.54 Å². The van der Waals surface area contributed by atoms with E-state index in [-0.39, 0.29) is 30.9 Å². The number of amides is 2. The van der Waals surface area contributed by atoms with Gasteiger partial charge >= 0.3 is 5.97 Å². The predicted octanol–water partition coefficient (Wildman–Crippen LogP) is 1.64. The van der Waals surface area contributed by atoms with E-state index in [4.69, 9.17) is 9.47 Å². The summed E-state index contributed by atoms with van der Waals surface area (Å²) in [6.07, 6.45) is 3.92.